The summed E-state index contributed by atoms with van der Waals surface area (Å²) in [5.41, 5.74) is 1.68. The van der Waals surface area contributed by atoms with Gasteiger partial charge in [0.2, 0.25) is 0 Å². The largest absolute Gasteiger partial charge is 0.506 e. The van der Waals surface area contributed by atoms with Crippen LogP contribution in [0.5, 0.6) is 11.5 Å². The fourth-order valence-corrected chi connectivity index (χ4v) is 2.64. The molecule has 0 fully saturated rings. The van der Waals surface area contributed by atoms with Crippen molar-refractivity contribution >= 4 is 23.2 Å². The van der Waals surface area contributed by atoms with Gasteiger partial charge in [-0.25, -0.2) is 0 Å². The van der Waals surface area contributed by atoms with E-state index in [-0.39, 0.29) is 16.9 Å². The van der Waals surface area contributed by atoms with Crippen molar-refractivity contribution in [3.63, 3.8) is 0 Å². The number of phenols is 2. The number of hydrogen-bond donors (Lipinski definition) is 2. The average molecular weight is 311 g/mol. The van der Waals surface area contributed by atoms with Crippen LogP contribution in [0, 0.1) is 0 Å². The lowest BCUT2D eigenvalue weighted by molar-refractivity contribution is 0.472. The highest BCUT2D eigenvalue weighted by atomic mass is 35.5. The molecular weight excluding hydrogens is 295 g/mol. The van der Waals surface area contributed by atoms with E-state index >= 15 is 0 Å². The van der Waals surface area contributed by atoms with Gasteiger partial charge in [-0.3, -0.25) is 0 Å². The summed E-state index contributed by atoms with van der Waals surface area (Å²) in [6.07, 6.45) is 0.829. The first kappa shape index (κ1) is 15.0. The summed E-state index contributed by atoms with van der Waals surface area (Å²) in [6.45, 7) is 4.15. The molecular formula is C16H16Cl2O2. The van der Waals surface area contributed by atoms with Crippen molar-refractivity contribution in [2.45, 2.75) is 25.7 Å². The Labute approximate surface area is 128 Å². The zero-order chi connectivity index (χ0) is 14.9. The van der Waals surface area contributed by atoms with Crippen LogP contribution in [0.1, 0.15) is 31.4 Å². The molecule has 0 spiro atoms. The van der Waals surface area contributed by atoms with E-state index in [1.54, 1.807) is 24.3 Å². The van der Waals surface area contributed by atoms with Gasteiger partial charge < -0.3 is 10.2 Å². The molecule has 0 saturated carbocycles. The zero-order valence-corrected chi connectivity index (χ0v) is 12.8. The molecule has 0 heterocycles. The van der Waals surface area contributed by atoms with Crippen molar-refractivity contribution < 1.29 is 10.2 Å². The SMILES string of the molecule is CCC(C)(c1ccc(O)c(Cl)c1)c1ccc(O)c(Cl)c1. The van der Waals surface area contributed by atoms with E-state index < -0.39 is 0 Å². The molecule has 0 saturated heterocycles. The van der Waals surface area contributed by atoms with Crippen molar-refractivity contribution in [3.8, 4) is 11.5 Å². The summed E-state index contributed by atoms with van der Waals surface area (Å²) in [4.78, 5) is 0. The van der Waals surface area contributed by atoms with E-state index in [4.69, 9.17) is 23.2 Å². The highest BCUT2D eigenvalue weighted by Crippen LogP contribution is 2.40. The summed E-state index contributed by atoms with van der Waals surface area (Å²) in [7, 11) is 0. The normalized spacial score (nSPS) is 11.6. The molecule has 0 bridgehead atoms. The third-order valence-corrected chi connectivity index (χ3v) is 4.48. The fourth-order valence-electron chi connectivity index (χ4n) is 2.28. The minimum absolute atomic E-state index is 0.0672. The summed E-state index contributed by atoms with van der Waals surface area (Å²) >= 11 is 12.0. The lowest BCUT2D eigenvalue weighted by Gasteiger charge is -2.30. The van der Waals surface area contributed by atoms with Gasteiger partial charge in [-0.15, -0.1) is 0 Å². The van der Waals surface area contributed by atoms with Crippen LogP contribution < -0.4 is 0 Å². The molecule has 0 atom stereocenters. The Balaban J connectivity index is 2.57. The van der Waals surface area contributed by atoms with Gasteiger partial charge >= 0.3 is 0 Å². The predicted octanol–water partition coefficient (Wildman–Crippen LogP) is 5.12. The summed E-state index contributed by atoms with van der Waals surface area (Å²) in [6, 6.07) is 10.4. The third kappa shape index (κ3) is 2.58. The molecule has 0 aliphatic heterocycles. The van der Waals surface area contributed by atoms with E-state index in [2.05, 4.69) is 13.8 Å². The maximum atomic E-state index is 9.55. The Morgan fingerprint density at radius 2 is 1.30 bits per heavy atom. The molecule has 2 N–H and O–H groups in total. The number of aromatic hydroxyl groups is 2. The maximum absolute atomic E-state index is 9.55. The van der Waals surface area contributed by atoms with Crippen molar-refractivity contribution in [1.82, 2.24) is 0 Å². The van der Waals surface area contributed by atoms with Gasteiger partial charge in [-0.1, -0.05) is 49.2 Å². The Hall–Kier alpha value is -1.38. The quantitative estimate of drug-likeness (QED) is 0.826. The Bertz CT molecular complexity index is 587. The molecule has 2 aromatic carbocycles. The highest BCUT2D eigenvalue weighted by molar-refractivity contribution is 6.32. The number of hydrogen-bond acceptors (Lipinski definition) is 2. The number of benzene rings is 2. The molecule has 2 aromatic rings. The minimum Gasteiger partial charge on any atom is -0.506 e. The van der Waals surface area contributed by atoms with E-state index in [1.165, 1.54) is 0 Å². The third-order valence-electron chi connectivity index (χ3n) is 3.88. The monoisotopic (exact) mass is 310 g/mol. The molecule has 4 heteroatoms. The van der Waals surface area contributed by atoms with E-state index in [0.29, 0.717) is 10.0 Å². The molecule has 0 aliphatic carbocycles. The Morgan fingerprint density at radius 1 is 0.900 bits per heavy atom. The Morgan fingerprint density at radius 3 is 1.60 bits per heavy atom. The van der Waals surface area contributed by atoms with Crippen LogP contribution in [-0.2, 0) is 5.41 Å². The van der Waals surface area contributed by atoms with Crippen LogP contribution in [0.2, 0.25) is 10.0 Å². The predicted molar refractivity (Wildman–Crippen MR) is 83.0 cm³/mol. The number of phenolic OH excluding ortho intramolecular Hbond substituents is 2. The fraction of sp³-hybridized carbons (Fsp3) is 0.250. The number of halogens is 2. The lowest BCUT2D eigenvalue weighted by atomic mass is 9.74. The molecule has 0 amide bonds. The Kier molecular flexibility index (Phi) is 4.17. The summed E-state index contributed by atoms with van der Waals surface area (Å²) in [5.74, 6) is 0.134. The van der Waals surface area contributed by atoms with E-state index in [9.17, 15) is 10.2 Å². The first-order valence-corrected chi connectivity index (χ1v) is 7.12. The van der Waals surface area contributed by atoms with Crippen LogP contribution in [0.15, 0.2) is 36.4 Å². The van der Waals surface area contributed by atoms with Gasteiger partial charge in [0.15, 0.2) is 0 Å². The van der Waals surface area contributed by atoms with Gasteiger partial charge in [0, 0.05) is 5.41 Å². The molecule has 0 aliphatic rings. The van der Waals surface area contributed by atoms with Gasteiger partial charge in [0.1, 0.15) is 11.5 Å². The standard InChI is InChI=1S/C16H16Cl2O2/c1-3-16(2,10-4-6-14(19)12(17)8-10)11-5-7-15(20)13(18)9-11/h4-9,19-20H,3H2,1-2H3. The second-order valence-corrected chi connectivity index (χ2v) is 5.83. The molecule has 106 valence electrons. The average Bonchev–Trinajstić information content (AvgIpc) is 2.44. The summed E-state index contributed by atoms with van der Waals surface area (Å²) < 4.78 is 0. The molecule has 0 aromatic heterocycles. The lowest BCUT2D eigenvalue weighted by Crippen LogP contribution is -2.22. The van der Waals surface area contributed by atoms with E-state index in [0.717, 1.165) is 17.5 Å². The molecule has 0 unspecified atom stereocenters. The first-order chi connectivity index (χ1) is 9.38. The first-order valence-electron chi connectivity index (χ1n) is 6.36. The molecule has 0 radical (unpaired) electrons. The number of rotatable bonds is 3. The van der Waals surface area contributed by atoms with Gasteiger partial charge in [-0.05, 0) is 41.8 Å². The van der Waals surface area contributed by atoms with Gasteiger partial charge in [0.25, 0.3) is 0 Å². The van der Waals surface area contributed by atoms with Crippen LogP contribution in [-0.4, -0.2) is 10.2 Å². The van der Waals surface area contributed by atoms with Crippen molar-refractivity contribution in [1.29, 1.82) is 0 Å². The molecule has 2 rings (SSSR count). The van der Waals surface area contributed by atoms with Gasteiger partial charge in [-0.2, -0.15) is 0 Å². The summed E-state index contributed by atoms with van der Waals surface area (Å²) in [5, 5.41) is 19.7. The smallest absolute Gasteiger partial charge is 0.134 e. The topological polar surface area (TPSA) is 40.5 Å². The van der Waals surface area contributed by atoms with Gasteiger partial charge in [0.05, 0.1) is 10.0 Å². The van der Waals surface area contributed by atoms with Crippen LogP contribution >= 0.6 is 23.2 Å². The zero-order valence-electron chi connectivity index (χ0n) is 11.3. The van der Waals surface area contributed by atoms with Crippen LogP contribution in [0.25, 0.3) is 0 Å². The van der Waals surface area contributed by atoms with Crippen molar-refractivity contribution in [2.75, 3.05) is 0 Å². The van der Waals surface area contributed by atoms with Crippen LogP contribution in [0.3, 0.4) is 0 Å². The second kappa shape index (κ2) is 5.55. The highest BCUT2D eigenvalue weighted by Gasteiger charge is 2.28. The molecule has 20 heavy (non-hydrogen) atoms. The molecule has 2 nitrogen and oxygen atoms in total. The van der Waals surface area contributed by atoms with Crippen molar-refractivity contribution in [2.24, 2.45) is 0 Å². The van der Waals surface area contributed by atoms with Crippen molar-refractivity contribution in [3.05, 3.63) is 57.6 Å². The van der Waals surface area contributed by atoms with Crippen LogP contribution in [0.4, 0.5) is 0 Å². The second-order valence-electron chi connectivity index (χ2n) is 5.02. The van der Waals surface area contributed by atoms with E-state index in [1.807, 2.05) is 12.1 Å². The minimum atomic E-state index is -0.297. The maximum Gasteiger partial charge on any atom is 0.134 e.